The van der Waals surface area contributed by atoms with Crippen molar-refractivity contribution in [3.05, 3.63) is 0 Å². The highest BCUT2D eigenvalue weighted by atomic mass is 19.3. The summed E-state index contributed by atoms with van der Waals surface area (Å²) in [5.41, 5.74) is 0. The Morgan fingerprint density at radius 3 is 2.33 bits per heavy atom. The molecule has 2 unspecified atom stereocenters. The van der Waals surface area contributed by atoms with E-state index in [1.165, 1.54) is 0 Å². The number of alkyl halides is 2. The minimum atomic E-state index is -2.57. The Bertz CT molecular complexity index is 232. The van der Waals surface area contributed by atoms with Crippen molar-refractivity contribution >= 4 is 0 Å². The number of hydrogen-bond acceptors (Lipinski definition) is 2. The molecular weight excluding hydrogens is 238 g/mol. The fourth-order valence-electron chi connectivity index (χ4n) is 2.32. The first-order valence-electron chi connectivity index (χ1n) is 7.08. The summed E-state index contributed by atoms with van der Waals surface area (Å²) in [6.07, 6.45) is 3.74. The van der Waals surface area contributed by atoms with E-state index in [4.69, 9.17) is 9.47 Å². The van der Waals surface area contributed by atoms with E-state index in [0.717, 1.165) is 19.3 Å². The summed E-state index contributed by atoms with van der Waals surface area (Å²) >= 11 is 0. The van der Waals surface area contributed by atoms with Crippen molar-refractivity contribution in [1.82, 2.24) is 0 Å². The van der Waals surface area contributed by atoms with E-state index >= 15 is 0 Å². The normalized spacial score (nSPS) is 25.0. The molecule has 0 aromatic heterocycles. The average Bonchev–Trinajstić information content (AvgIpc) is 2.72. The molecule has 4 heteroatoms. The van der Waals surface area contributed by atoms with Crippen LogP contribution in [0.1, 0.15) is 52.9 Å². The summed E-state index contributed by atoms with van der Waals surface area (Å²) < 4.78 is 38.0. The fraction of sp³-hybridized carbons (Fsp3) is 1.00. The third-order valence-corrected chi connectivity index (χ3v) is 3.60. The number of ether oxygens (including phenoxy) is 2. The lowest BCUT2D eigenvalue weighted by atomic mass is 10.0. The number of hydrogen-bond donors (Lipinski definition) is 0. The van der Waals surface area contributed by atoms with Gasteiger partial charge < -0.3 is 9.47 Å². The second-order valence-electron chi connectivity index (χ2n) is 5.35. The molecule has 108 valence electrons. The lowest BCUT2D eigenvalue weighted by molar-refractivity contribution is -0.0756. The van der Waals surface area contributed by atoms with Crippen LogP contribution in [-0.4, -0.2) is 31.3 Å². The van der Waals surface area contributed by atoms with Crippen LogP contribution in [0.5, 0.6) is 0 Å². The quantitative estimate of drug-likeness (QED) is 0.616. The van der Waals surface area contributed by atoms with Gasteiger partial charge in [-0.05, 0) is 32.6 Å². The number of rotatable bonds is 8. The molecule has 2 atom stereocenters. The second-order valence-corrected chi connectivity index (χ2v) is 5.35. The van der Waals surface area contributed by atoms with Gasteiger partial charge >= 0.3 is 0 Å². The first-order chi connectivity index (χ1) is 8.47. The minimum Gasteiger partial charge on any atom is -0.376 e. The van der Waals surface area contributed by atoms with Gasteiger partial charge in [-0.1, -0.05) is 13.8 Å². The van der Waals surface area contributed by atoms with Gasteiger partial charge in [-0.2, -0.15) is 0 Å². The van der Waals surface area contributed by atoms with Crippen molar-refractivity contribution in [2.75, 3.05) is 13.2 Å². The molecule has 0 aliphatic heterocycles. The molecule has 0 amide bonds. The second kappa shape index (κ2) is 7.39. The molecule has 0 bridgehead atoms. The maximum Gasteiger partial charge on any atom is 0.250 e. The summed E-state index contributed by atoms with van der Waals surface area (Å²) in [6.45, 7) is 6.19. The molecule has 0 heterocycles. The van der Waals surface area contributed by atoms with Gasteiger partial charge in [-0.3, -0.25) is 0 Å². The molecule has 0 spiro atoms. The molecule has 1 aliphatic carbocycles. The van der Waals surface area contributed by atoms with Crippen LogP contribution < -0.4 is 0 Å². The molecule has 1 fully saturated rings. The van der Waals surface area contributed by atoms with Crippen LogP contribution in [0.3, 0.4) is 0 Å². The summed E-state index contributed by atoms with van der Waals surface area (Å²) in [6, 6.07) is 0. The lowest BCUT2D eigenvalue weighted by Crippen LogP contribution is -2.28. The van der Waals surface area contributed by atoms with Gasteiger partial charge in [0, 0.05) is 25.6 Å². The zero-order chi connectivity index (χ0) is 13.6. The SMILES string of the molecule is CCOC1CCCC1OCCCC(F)(F)C(C)C. The van der Waals surface area contributed by atoms with E-state index in [0.29, 0.717) is 19.6 Å². The van der Waals surface area contributed by atoms with E-state index in [1.807, 2.05) is 6.92 Å². The highest BCUT2D eigenvalue weighted by Crippen LogP contribution is 2.30. The summed E-state index contributed by atoms with van der Waals surface area (Å²) in [4.78, 5) is 0. The van der Waals surface area contributed by atoms with Crippen molar-refractivity contribution in [3.63, 3.8) is 0 Å². The topological polar surface area (TPSA) is 18.5 Å². The van der Waals surface area contributed by atoms with Crippen LogP contribution in [-0.2, 0) is 9.47 Å². The summed E-state index contributed by atoms with van der Waals surface area (Å²) in [5.74, 6) is -3.17. The van der Waals surface area contributed by atoms with Crippen LogP contribution >= 0.6 is 0 Å². The Kier molecular flexibility index (Phi) is 6.50. The van der Waals surface area contributed by atoms with E-state index in [1.54, 1.807) is 13.8 Å². The van der Waals surface area contributed by atoms with Crippen LogP contribution in [0.15, 0.2) is 0 Å². The maximum atomic E-state index is 13.4. The predicted octanol–water partition coefficient (Wildman–Crippen LogP) is 4.03. The molecule has 1 aliphatic rings. The van der Waals surface area contributed by atoms with Gasteiger partial charge in [0.05, 0.1) is 12.2 Å². The van der Waals surface area contributed by atoms with Crippen molar-refractivity contribution < 1.29 is 18.3 Å². The van der Waals surface area contributed by atoms with E-state index < -0.39 is 11.8 Å². The zero-order valence-corrected chi connectivity index (χ0v) is 11.8. The monoisotopic (exact) mass is 264 g/mol. The van der Waals surface area contributed by atoms with Crippen molar-refractivity contribution in [3.8, 4) is 0 Å². The van der Waals surface area contributed by atoms with Crippen molar-refractivity contribution in [2.24, 2.45) is 5.92 Å². The van der Waals surface area contributed by atoms with Crippen LogP contribution in [0, 0.1) is 5.92 Å². The smallest absolute Gasteiger partial charge is 0.250 e. The Hall–Kier alpha value is -0.220. The molecule has 0 aromatic carbocycles. The van der Waals surface area contributed by atoms with Gasteiger partial charge in [-0.25, -0.2) is 8.78 Å². The van der Waals surface area contributed by atoms with Gasteiger partial charge in [-0.15, -0.1) is 0 Å². The highest BCUT2D eigenvalue weighted by Gasteiger charge is 2.33. The molecule has 0 saturated heterocycles. The van der Waals surface area contributed by atoms with Crippen molar-refractivity contribution in [2.45, 2.75) is 71.0 Å². The average molecular weight is 264 g/mol. The minimum absolute atomic E-state index is 0.0866. The number of halogens is 2. The van der Waals surface area contributed by atoms with Crippen molar-refractivity contribution in [1.29, 1.82) is 0 Å². The van der Waals surface area contributed by atoms with Gasteiger partial charge in [0.25, 0.3) is 5.92 Å². The third-order valence-electron chi connectivity index (χ3n) is 3.60. The standard InChI is InChI=1S/C14H26F2O2/c1-4-17-12-7-5-8-13(12)18-10-6-9-14(15,16)11(2)3/h11-13H,4-10H2,1-3H3. The molecule has 0 N–H and O–H groups in total. The molecule has 2 nitrogen and oxygen atoms in total. The van der Waals surface area contributed by atoms with Crippen LogP contribution in [0.2, 0.25) is 0 Å². The first kappa shape index (κ1) is 15.8. The third kappa shape index (κ3) is 4.81. The molecule has 0 aromatic rings. The molecule has 1 saturated carbocycles. The molecule has 0 radical (unpaired) electrons. The Morgan fingerprint density at radius 2 is 1.78 bits per heavy atom. The highest BCUT2D eigenvalue weighted by molar-refractivity contribution is 4.79. The zero-order valence-electron chi connectivity index (χ0n) is 11.8. The van der Waals surface area contributed by atoms with E-state index in [2.05, 4.69) is 0 Å². The molecular formula is C14H26F2O2. The Balaban J connectivity index is 2.18. The van der Waals surface area contributed by atoms with Crippen LogP contribution in [0.25, 0.3) is 0 Å². The molecule has 1 rings (SSSR count). The fourth-order valence-corrected chi connectivity index (χ4v) is 2.32. The first-order valence-corrected chi connectivity index (χ1v) is 7.08. The summed E-state index contributed by atoms with van der Waals surface area (Å²) in [7, 11) is 0. The molecule has 18 heavy (non-hydrogen) atoms. The van der Waals surface area contributed by atoms with E-state index in [-0.39, 0.29) is 18.6 Å². The predicted molar refractivity (Wildman–Crippen MR) is 68.0 cm³/mol. The summed E-state index contributed by atoms with van der Waals surface area (Å²) in [5, 5.41) is 0. The maximum absolute atomic E-state index is 13.4. The van der Waals surface area contributed by atoms with Crippen LogP contribution in [0.4, 0.5) is 8.78 Å². The van der Waals surface area contributed by atoms with Gasteiger partial charge in [0.2, 0.25) is 0 Å². The van der Waals surface area contributed by atoms with Gasteiger partial charge in [0.1, 0.15) is 0 Å². The Morgan fingerprint density at radius 1 is 1.17 bits per heavy atom. The largest absolute Gasteiger partial charge is 0.376 e. The lowest BCUT2D eigenvalue weighted by Gasteiger charge is -2.22. The van der Waals surface area contributed by atoms with E-state index in [9.17, 15) is 8.78 Å². The van der Waals surface area contributed by atoms with Gasteiger partial charge in [0.15, 0.2) is 0 Å². The Labute approximate surface area is 109 Å².